The van der Waals surface area contributed by atoms with Crippen LogP contribution in [-0.2, 0) is 38.2 Å². The summed E-state index contributed by atoms with van der Waals surface area (Å²) < 4.78 is 40.6. The van der Waals surface area contributed by atoms with Crippen molar-refractivity contribution in [2.45, 2.75) is 93.8 Å². The van der Waals surface area contributed by atoms with Gasteiger partial charge < -0.3 is 24.5 Å². The molecule has 234 valence electrons. The molecule has 1 aromatic rings. The van der Waals surface area contributed by atoms with Crippen molar-refractivity contribution >= 4 is 28.3 Å². The van der Waals surface area contributed by atoms with Crippen molar-refractivity contribution in [3.8, 4) is 0 Å². The van der Waals surface area contributed by atoms with Crippen LogP contribution in [0, 0.1) is 35.5 Å². The van der Waals surface area contributed by atoms with Crippen LogP contribution in [0.3, 0.4) is 0 Å². The summed E-state index contributed by atoms with van der Waals surface area (Å²) >= 11 is 0. The van der Waals surface area contributed by atoms with Gasteiger partial charge >= 0.3 is 11.9 Å². The number of rotatable bonds is 7. The first-order valence-electron chi connectivity index (χ1n) is 15.2. The molecule has 43 heavy (non-hydrogen) atoms. The molecule has 0 saturated heterocycles. The molecular weight excluding hydrogens is 576 g/mol. The minimum Gasteiger partial charge on any atom is -0.461 e. The number of carbonyl (C=O) groups is 3. The van der Waals surface area contributed by atoms with Gasteiger partial charge in [-0.2, -0.15) is 8.42 Å². The molecule has 1 aliphatic heterocycles. The summed E-state index contributed by atoms with van der Waals surface area (Å²) in [6, 6.07) is 6.07. The molecule has 8 atom stereocenters. The summed E-state index contributed by atoms with van der Waals surface area (Å²) in [4.78, 5) is 37.3. The zero-order valence-electron chi connectivity index (χ0n) is 24.6. The molecule has 10 nitrogen and oxygen atoms in total. The highest BCUT2D eigenvalue weighted by atomic mass is 32.2. The molecule has 2 N–H and O–H groups in total. The summed E-state index contributed by atoms with van der Waals surface area (Å²) in [5, 5.41) is 24.4. The molecule has 0 bridgehead atoms. The van der Waals surface area contributed by atoms with Crippen molar-refractivity contribution in [1.82, 2.24) is 0 Å². The molecule has 0 spiro atoms. The maximum Gasteiger partial charge on any atom is 0.333 e. The van der Waals surface area contributed by atoms with Gasteiger partial charge in [-0.25, -0.2) is 9.59 Å². The number of esters is 2. The van der Waals surface area contributed by atoms with E-state index in [4.69, 9.17) is 13.7 Å². The number of carbonyl (C=O) groups excluding carboxylic acids is 3. The third kappa shape index (κ3) is 4.69. The second kappa shape index (κ2) is 10.5. The quantitative estimate of drug-likeness (QED) is 0.265. The van der Waals surface area contributed by atoms with Crippen LogP contribution in [0.5, 0.6) is 0 Å². The molecule has 1 heterocycles. The number of cyclic esters (lactones) is 1. The van der Waals surface area contributed by atoms with Crippen molar-refractivity contribution in [2.75, 3.05) is 13.2 Å². The Morgan fingerprint density at radius 2 is 1.77 bits per heavy atom. The van der Waals surface area contributed by atoms with E-state index in [0.717, 1.165) is 23.8 Å². The van der Waals surface area contributed by atoms with Crippen LogP contribution in [0.2, 0.25) is 0 Å². The SMILES string of the molecule is Cc1ccc(S(=O)(=O)OCC(=O)O[C@H]2CC[C@]3(C=O)[C@H]4CC[C@]5(C)[C@@H](C6=CC(=O)OC6)CCC5(O)[C@@H]4CC[C@]3(O)C2)cc1. The molecular formula is C32H40O10S. The van der Waals surface area contributed by atoms with E-state index in [9.17, 15) is 33.0 Å². The monoisotopic (exact) mass is 616 g/mol. The van der Waals surface area contributed by atoms with Crippen LogP contribution in [0.1, 0.15) is 70.3 Å². The number of aldehydes is 1. The lowest BCUT2D eigenvalue weighted by Gasteiger charge is -2.65. The van der Waals surface area contributed by atoms with Crippen LogP contribution in [0.4, 0.5) is 0 Å². The number of fused-ring (bicyclic) bond motifs is 5. The predicted molar refractivity (Wildman–Crippen MR) is 152 cm³/mol. The van der Waals surface area contributed by atoms with Gasteiger partial charge in [0.25, 0.3) is 10.1 Å². The van der Waals surface area contributed by atoms with Crippen LogP contribution in [0.15, 0.2) is 40.8 Å². The second-order valence-electron chi connectivity index (χ2n) is 13.6. The Labute approximate surface area is 251 Å². The Morgan fingerprint density at radius 3 is 2.44 bits per heavy atom. The Hall–Kier alpha value is -2.60. The van der Waals surface area contributed by atoms with E-state index in [1.165, 1.54) is 12.1 Å². The molecule has 1 aromatic carbocycles. The first-order chi connectivity index (χ1) is 20.3. The van der Waals surface area contributed by atoms with Crippen molar-refractivity contribution < 1.29 is 46.7 Å². The highest BCUT2D eigenvalue weighted by Crippen LogP contribution is 2.70. The topological polar surface area (TPSA) is 154 Å². The van der Waals surface area contributed by atoms with Gasteiger partial charge in [-0.3, -0.25) is 4.18 Å². The highest BCUT2D eigenvalue weighted by Gasteiger charge is 2.71. The minimum atomic E-state index is -4.15. The molecule has 1 unspecified atom stereocenters. The van der Waals surface area contributed by atoms with Gasteiger partial charge in [0.2, 0.25) is 0 Å². The minimum absolute atomic E-state index is 0.0186. The van der Waals surface area contributed by atoms with E-state index in [0.29, 0.717) is 38.5 Å². The molecule has 0 aromatic heterocycles. The third-order valence-corrected chi connectivity index (χ3v) is 13.0. The Kier molecular flexibility index (Phi) is 7.43. The van der Waals surface area contributed by atoms with Crippen LogP contribution >= 0.6 is 0 Å². The standard InChI is InChI=1S/C32H40O10S/c1-20-3-5-23(6-4-20)43(38,39)41-18-28(35)42-22-7-12-30(19-33)25-8-11-29(2)24(21-15-27(34)40-17-21)10-14-32(29,37)26(25)9-13-31(30,36)16-22/h3-6,15,19,22,24-26,36-37H,7-14,16-18H2,1-2H3/t22-,24+,25-,26+,29+,30-,31-,32?/m0/s1. The van der Waals surface area contributed by atoms with Gasteiger partial charge in [0, 0.05) is 17.9 Å². The lowest BCUT2D eigenvalue weighted by molar-refractivity contribution is -0.249. The molecule has 5 aliphatic rings. The van der Waals surface area contributed by atoms with E-state index in [2.05, 4.69) is 6.92 Å². The van der Waals surface area contributed by atoms with Gasteiger partial charge in [0.1, 0.15) is 19.0 Å². The lowest BCUT2D eigenvalue weighted by atomic mass is 9.41. The maximum atomic E-state index is 13.0. The molecule has 4 aliphatic carbocycles. The number of benzene rings is 1. The fourth-order valence-corrected chi connectivity index (χ4v) is 10.4. The average Bonchev–Trinajstić information content (AvgIpc) is 3.51. The predicted octanol–water partition coefficient (Wildman–Crippen LogP) is 3.16. The van der Waals surface area contributed by atoms with E-state index < -0.39 is 50.8 Å². The lowest BCUT2D eigenvalue weighted by Crippen LogP contribution is -2.69. The Morgan fingerprint density at radius 1 is 1.05 bits per heavy atom. The number of ether oxygens (including phenoxy) is 2. The number of hydrogen-bond donors (Lipinski definition) is 2. The van der Waals surface area contributed by atoms with Gasteiger partial charge in [0.05, 0.1) is 21.5 Å². The van der Waals surface area contributed by atoms with Gasteiger partial charge in [0.15, 0.2) is 6.61 Å². The zero-order chi connectivity index (χ0) is 30.8. The normalized spacial score (nSPS) is 40.5. The number of aliphatic hydroxyl groups is 2. The second-order valence-corrected chi connectivity index (χ2v) is 15.2. The molecule has 0 amide bonds. The molecule has 0 radical (unpaired) electrons. The largest absolute Gasteiger partial charge is 0.461 e. The van der Waals surface area contributed by atoms with Crippen molar-refractivity contribution in [3.05, 3.63) is 41.5 Å². The summed E-state index contributed by atoms with van der Waals surface area (Å²) in [6.45, 7) is 3.37. The summed E-state index contributed by atoms with van der Waals surface area (Å²) in [7, 11) is -4.15. The van der Waals surface area contributed by atoms with E-state index in [-0.39, 0.29) is 48.1 Å². The molecule has 11 heteroatoms. The number of aryl methyl sites for hydroxylation is 1. The van der Waals surface area contributed by atoms with E-state index in [1.54, 1.807) is 18.2 Å². The fraction of sp³-hybridized carbons (Fsp3) is 0.656. The van der Waals surface area contributed by atoms with E-state index >= 15 is 0 Å². The Bertz CT molecular complexity index is 1450. The summed E-state index contributed by atoms with van der Waals surface area (Å²) in [5.41, 5.74) is -2.23. The average molecular weight is 617 g/mol. The Balaban J connectivity index is 1.14. The third-order valence-electron chi connectivity index (χ3n) is 11.8. The van der Waals surface area contributed by atoms with Crippen molar-refractivity contribution in [1.29, 1.82) is 0 Å². The van der Waals surface area contributed by atoms with Crippen LogP contribution < -0.4 is 0 Å². The zero-order valence-corrected chi connectivity index (χ0v) is 25.4. The molecule has 6 rings (SSSR count). The fourth-order valence-electron chi connectivity index (χ4n) is 9.54. The summed E-state index contributed by atoms with van der Waals surface area (Å²) in [6.07, 6.45) is 5.78. The van der Waals surface area contributed by atoms with Gasteiger partial charge in [-0.1, -0.05) is 24.6 Å². The summed E-state index contributed by atoms with van der Waals surface area (Å²) in [5.74, 6) is -1.62. The molecule has 4 fully saturated rings. The van der Waals surface area contributed by atoms with Crippen LogP contribution in [-0.4, -0.2) is 67.4 Å². The van der Waals surface area contributed by atoms with Crippen molar-refractivity contribution in [2.24, 2.45) is 28.6 Å². The molecule has 4 saturated carbocycles. The van der Waals surface area contributed by atoms with Gasteiger partial charge in [-0.15, -0.1) is 0 Å². The highest BCUT2D eigenvalue weighted by molar-refractivity contribution is 7.86. The number of hydrogen-bond acceptors (Lipinski definition) is 10. The van der Waals surface area contributed by atoms with Gasteiger partial charge in [-0.05, 0) is 93.7 Å². The first kappa shape index (κ1) is 30.4. The maximum absolute atomic E-state index is 13.0. The smallest absolute Gasteiger partial charge is 0.333 e. The first-order valence-corrected chi connectivity index (χ1v) is 16.6. The van der Waals surface area contributed by atoms with E-state index in [1.807, 2.05) is 6.92 Å². The van der Waals surface area contributed by atoms with Crippen molar-refractivity contribution in [3.63, 3.8) is 0 Å². The van der Waals surface area contributed by atoms with Crippen LogP contribution in [0.25, 0.3) is 0 Å².